The Morgan fingerprint density at radius 3 is 2.32 bits per heavy atom. The van der Waals surface area contributed by atoms with Gasteiger partial charge in [-0.05, 0) is 18.9 Å². The third-order valence-corrected chi connectivity index (χ3v) is 2.85. The average molecular weight is 279 g/mol. The third kappa shape index (κ3) is 3.23. The first-order chi connectivity index (χ1) is 8.79. The van der Waals surface area contributed by atoms with E-state index in [9.17, 15) is 22.4 Å². The van der Waals surface area contributed by atoms with Crippen molar-refractivity contribution >= 4 is 5.91 Å². The monoisotopic (exact) mass is 279 g/mol. The molecule has 0 aliphatic carbocycles. The minimum atomic E-state index is -2.03. The fourth-order valence-electron chi connectivity index (χ4n) is 1.32. The molecular weight excluding hydrogens is 266 g/mol. The summed E-state index contributed by atoms with van der Waals surface area (Å²) in [6.07, 6.45) is 0. The Hall–Kier alpha value is -1.63. The number of carbonyl (C=O) groups excluding carboxylic acids is 1. The molecule has 0 radical (unpaired) electrons. The molecule has 1 amide bonds. The molecule has 1 aromatic rings. The number of aliphatic hydroxyl groups excluding tert-OH is 1. The Balaban J connectivity index is 3.01. The van der Waals surface area contributed by atoms with Crippen molar-refractivity contribution < 1.29 is 27.5 Å². The molecule has 0 spiro atoms. The number of hydrogen-bond acceptors (Lipinski definition) is 2. The number of carbonyl (C=O) groups is 1. The molecule has 0 bridgehead atoms. The largest absolute Gasteiger partial charge is 0.396 e. The normalized spacial score (nSPS) is 14.1. The maximum Gasteiger partial charge on any atom is 0.254 e. The van der Waals surface area contributed by atoms with Gasteiger partial charge in [-0.3, -0.25) is 4.79 Å². The zero-order valence-electron chi connectivity index (χ0n) is 10.3. The first kappa shape index (κ1) is 15.4. The summed E-state index contributed by atoms with van der Waals surface area (Å²) < 4.78 is 52.0. The molecule has 0 aromatic heterocycles. The number of nitrogens with one attached hydrogen (secondary N) is 1. The van der Waals surface area contributed by atoms with E-state index < -0.39 is 40.8 Å². The van der Waals surface area contributed by atoms with Gasteiger partial charge in [0.05, 0.1) is 5.56 Å². The second kappa shape index (κ2) is 6.01. The molecule has 0 fully saturated rings. The molecule has 3 nitrogen and oxygen atoms in total. The van der Waals surface area contributed by atoms with Crippen molar-refractivity contribution in [3.05, 3.63) is 34.9 Å². The predicted molar refractivity (Wildman–Crippen MR) is 59.5 cm³/mol. The molecule has 106 valence electrons. The summed E-state index contributed by atoms with van der Waals surface area (Å²) in [6, 6.07) is -0.257. The maximum atomic E-state index is 13.3. The Labute approximate surface area is 107 Å². The van der Waals surface area contributed by atoms with Crippen molar-refractivity contribution in [2.45, 2.75) is 19.9 Å². The minimum absolute atomic E-state index is 0.226. The molecule has 0 heterocycles. The van der Waals surface area contributed by atoms with Gasteiger partial charge in [0.25, 0.3) is 5.91 Å². The molecular formula is C12H13F4NO2. The lowest BCUT2D eigenvalue weighted by atomic mass is 10.0. The van der Waals surface area contributed by atoms with E-state index in [0.717, 1.165) is 0 Å². The summed E-state index contributed by atoms with van der Waals surface area (Å²) in [5.74, 6) is -8.81. The second-order valence-corrected chi connectivity index (χ2v) is 4.27. The molecule has 2 unspecified atom stereocenters. The minimum Gasteiger partial charge on any atom is -0.396 e. The zero-order valence-corrected chi connectivity index (χ0v) is 10.3. The first-order valence-electron chi connectivity index (χ1n) is 5.54. The number of hydrogen-bond donors (Lipinski definition) is 2. The molecule has 1 rings (SSSR count). The fraction of sp³-hybridized carbons (Fsp3) is 0.417. The maximum absolute atomic E-state index is 13.3. The summed E-state index contributed by atoms with van der Waals surface area (Å²) in [7, 11) is 0. The first-order valence-corrected chi connectivity index (χ1v) is 5.54. The molecule has 2 N–H and O–H groups in total. The molecule has 2 atom stereocenters. The van der Waals surface area contributed by atoms with Gasteiger partial charge in [-0.25, -0.2) is 17.6 Å². The number of rotatable bonds is 4. The lowest BCUT2D eigenvalue weighted by molar-refractivity contribution is 0.0910. The fourth-order valence-corrected chi connectivity index (χ4v) is 1.32. The highest BCUT2D eigenvalue weighted by atomic mass is 19.2. The van der Waals surface area contributed by atoms with Crippen LogP contribution in [0.4, 0.5) is 17.6 Å². The second-order valence-electron chi connectivity index (χ2n) is 4.27. The summed E-state index contributed by atoms with van der Waals surface area (Å²) in [5, 5.41) is 11.1. The van der Waals surface area contributed by atoms with E-state index in [-0.39, 0.29) is 12.5 Å². The van der Waals surface area contributed by atoms with Gasteiger partial charge < -0.3 is 10.4 Å². The van der Waals surface area contributed by atoms with Crippen LogP contribution in [0.3, 0.4) is 0 Å². The smallest absolute Gasteiger partial charge is 0.254 e. The zero-order chi connectivity index (χ0) is 14.7. The number of aliphatic hydroxyl groups is 1. The Morgan fingerprint density at radius 1 is 1.21 bits per heavy atom. The average Bonchev–Trinajstić information content (AvgIpc) is 2.39. The quantitative estimate of drug-likeness (QED) is 0.503. The molecule has 0 saturated carbocycles. The van der Waals surface area contributed by atoms with E-state index in [4.69, 9.17) is 5.11 Å². The summed E-state index contributed by atoms with van der Waals surface area (Å²) in [5.41, 5.74) is -0.923. The Morgan fingerprint density at radius 2 is 1.79 bits per heavy atom. The van der Waals surface area contributed by atoms with E-state index in [0.29, 0.717) is 6.07 Å². The summed E-state index contributed by atoms with van der Waals surface area (Å²) >= 11 is 0. The molecule has 0 aliphatic rings. The predicted octanol–water partition coefficient (Wildman–Crippen LogP) is 1.99. The molecule has 1 aromatic carbocycles. The lowest BCUT2D eigenvalue weighted by Crippen LogP contribution is -2.38. The van der Waals surface area contributed by atoms with E-state index >= 15 is 0 Å². The SMILES string of the molecule is CC(CO)C(C)NC(=O)c1cc(F)c(F)c(F)c1F. The molecule has 0 saturated heterocycles. The van der Waals surface area contributed by atoms with E-state index in [1.54, 1.807) is 6.92 Å². The van der Waals surface area contributed by atoms with Crippen LogP contribution in [0.15, 0.2) is 6.07 Å². The van der Waals surface area contributed by atoms with Gasteiger partial charge in [0.1, 0.15) is 0 Å². The number of benzene rings is 1. The molecule has 7 heteroatoms. The topological polar surface area (TPSA) is 49.3 Å². The standard InChI is InChI=1S/C12H13F4NO2/c1-5(4-18)6(2)17-12(19)7-3-8(13)10(15)11(16)9(7)14/h3,5-6,18H,4H2,1-2H3,(H,17,19). The van der Waals surface area contributed by atoms with Gasteiger partial charge in [-0.2, -0.15) is 0 Å². The van der Waals surface area contributed by atoms with E-state index in [1.807, 2.05) is 0 Å². The van der Waals surface area contributed by atoms with Crippen LogP contribution in [-0.4, -0.2) is 23.7 Å². The molecule has 19 heavy (non-hydrogen) atoms. The van der Waals surface area contributed by atoms with Gasteiger partial charge in [0.15, 0.2) is 23.3 Å². The lowest BCUT2D eigenvalue weighted by Gasteiger charge is -2.19. The van der Waals surface area contributed by atoms with Crippen LogP contribution < -0.4 is 5.32 Å². The van der Waals surface area contributed by atoms with Gasteiger partial charge in [-0.15, -0.1) is 0 Å². The molecule has 0 aliphatic heterocycles. The van der Waals surface area contributed by atoms with Crippen LogP contribution in [0.25, 0.3) is 0 Å². The van der Waals surface area contributed by atoms with Crippen molar-refractivity contribution in [2.75, 3.05) is 6.61 Å². The van der Waals surface area contributed by atoms with Crippen molar-refractivity contribution in [3.8, 4) is 0 Å². The summed E-state index contributed by atoms with van der Waals surface area (Å²) in [4.78, 5) is 11.6. The third-order valence-electron chi connectivity index (χ3n) is 2.85. The van der Waals surface area contributed by atoms with Crippen LogP contribution in [0, 0.1) is 29.2 Å². The van der Waals surface area contributed by atoms with Gasteiger partial charge in [0, 0.05) is 12.6 Å². The van der Waals surface area contributed by atoms with Crippen LogP contribution in [0.5, 0.6) is 0 Å². The van der Waals surface area contributed by atoms with Crippen LogP contribution in [-0.2, 0) is 0 Å². The Kier molecular flexibility index (Phi) is 4.88. The van der Waals surface area contributed by atoms with Gasteiger partial charge in [0.2, 0.25) is 0 Å². The van der Waals surface area contributed by atoms with Gasteiger partial charge >= 0.3 is 0 Å². The highest BCUT2D eigenvalue weighted by Gasteiger charge is 2.24. The van der Waals surface area contributed by atoms with Crippen LogP contribution in [0.2, 0.25) is 0 Å². The van der Waals surface area contributed by atoms with E-state index in [2.05, 4.69) is 5.32 Å². The van der Waals surface area contributed by atoms with Crippen LogP contribution in [0.1, 0.15) is 24.2 Å². The van der Waals surface area contributed by atoms with E-state index in [1.165, 1.54) is 6.92 Å². The van der Waals surface area contributed by atoms with Crippen molar-refractivity contribution in [1.82, 2.24) is 5.32 Å². The van der Waals surface area contributed by atoms with Crippen molar-refractivity contribution in [2.24, 2.45) is 5.92 Å². The van der Waals surface area contributed by atoms with Crippen LogP contribution >= 0.6 is 0 Å². The summed E-state index contributed by atoms with van der Waals surface area (Å²) in [6.45, 7) is 2.93. The Bertz CT molecular complexity index is 493. The van der Waals surface area contributed by atoms with Crippen molar-refractivity contribution in [3.63, 3.8) is 0 Å². The highest BCUT2D eigenvalue weighted by Crippen LogP contribution is 2.19. The van der Waals surface area contributed by atoms with Crippen molar-refractivity contribution in [1.29, 1.82) is 0 Å². The highest BCUT2D eigenvalue weighted by molar-refractivity contribution is 5.94. The number of halogens is 4. The van der Waals surface area contributed by atoms with Gasteiger partial charge in [-0.1, -0.05) is 6.92 Å². The number of amides is 1.